The third-order valence-corrected chi connectivity index (χ3v) is 4.75. The van der Waals surface area contributed by atoms with Crippen molar-refractivity contribution in [3.63, 3.8) is 0 Å². The Morgan fingerprint density at radius 2 is 1.44 bits per heavy atom. The van der Waals surface area contributed by atoms with Gasteiger partial charge in [0, 0.05) is 11.3 Å². The second-order valence-electron chi connectivity index (χ2n) is 6.47. The predicted molar refractivity (Wildman–Crippen MR) is 114 cm³/mol. The van der Waals surface area contributed by atoms with Gasteiger partial charge in [-0.3, -0.25) is 4.99 Å². The van der Waals surface area contributed by atoms with Crippen molar-refractivity contribution in [3.8, 4) is 16.9 Å². The molecule has 2 nitrogen and oxygen atoms in total. The first-order chi connectivity index (χ1) is 13.3. The number of aliphatic imine (C=N–C) groups is 1. The van der Waals surface area contributed by atoms with Gasteiger partial charge in [0.05, 0.1) is 12.8 Å². The van der Waals surface area contributed by atoms with E-state index in [1.165, 1.54) is 21.9 Å². The molecule has 0 radical (unpaired) electrons. The summed E-state index contributed by atoms with van der Waals surface area (Å²) in [6.07, 6.45) is 0. The molecule has 0 saturated carbocycles. The minimum absolute atomic E-state index is 0.835. The fourth-order valence-corrected chi connectivity index (χ4v) is 3.40. The molecule has 0 aromatic heterocycles. The Morgan fingerprint density at radius 3 is 2.19 bits per heavy atom. The van der Waals surface area contributed by atoms with Gasteiger partial charge in [-0.2, -0.15) is 0 Å². The minimum Gasteiger partial charge on any atom is -0.497 e. The molecular weight excluding hydrogens is 330 g/mol. The highest BCUT2D eigenvalue weighted by Gasteiger charge is 2.12. The van der Waals surface area contributed by atoms with Crippen LogP contribution in [0.25, 0.3) is 21.9 Å². The molecule has 132 valence electrons. The normalized spacial score (nSPS) is 11.6. The first-order valence-electron chi connectivity index (χ1n) is 9.03. The van der Waals surface area contributed by atoms with E-state index in [-0.39, 0.29) is 0 Å². The number of fused-ring (bicyclic) bond motifs is 1. The van der Waals surface area contributed by atoms with Crippen molar-refractivity contribution in [3.05, 3.63) is 96.6 Å². The zero-order valence-corrected chi connectivity index (χ0v) is 15.5. The van der Waals surface area contributed by atoms with E-state index < -0.39 is 0 Å². The summed E-state index contributed by atoms with van der Waals surface area (Å²) in [6, 6.07) is 31.2. The number of ether oxygens (including phenoxy) is 1. The smallest absolute Gasteiger partial charge is 0.119 e. The van der Waals surface area contributed by atoms with Crippen LogP contribution in [0.15, 0.2) is 96.0 Å². The average Bonchev–Trinajstić information content (AvgIpc) is 2.74. The second kappa shape index (κ2) is 7.46. The van der Waals surface area contributed by atoms with Crippen molar-refractivity contribution in [1.29, 1.82) is 0 Å². The molecule has 2 heteroatoms. The van der Waals surface area contributed by atoms with Gasteiger partial charge in [-0.1, -0.05) is 66.7 Å². The molecule has 0 atom stereocenters. The quantitative estimate of drug-likeness (QED) is 0.377. The first-order valence-corrected chi connectivity index (χ1v) is 9.03. The van der Waals surface area contributed by atoms with Gasteiger partial charge in [0.2, 0.25) is 0 Å². The van der Waals surface area contributed by atoms with E-state index in [2.05, 4.69) is 67.6 Å². The van der Waals surface area contributed by atoms with E-state index in [0.717, 1.165) is 22.7 Å². The molecule has 0 aliphatic heterocycles. The molecular formula is C25H21NO. The van der Waals surface area contributed by atoms with Crippen LogP contribution in [-0.2, 0) is 0 Å². The Morgan fingerprint density at radius 1 is 0.741 bits per heavy atom. The zero-order valence-electron chi connectivity index (χ0n) is 15.5. The Hall–Kier alpha value is -3.39. The standard InChI is InChI=1S/C25H21NO/c1-18(26-21-13-15-22(27-2)16-14-21)23-17-12-19-8-6-7-11-24(19)25(23)20-9-4-3-5-10-20/h3-17H,1-2H3. The summed E-state index contributed by atoms with van der Waals surface area (Å²) in [6.45, 7) is 2.07. The number of hydrogen-bond donors (Lipinski definition) is 0. The molecule has 4 aromatic rings. The van der Waals surface area contributed by atoms with Crippen LogP contribution in [0.5, 0.6) is 5.75 Å². The van der Waals surface area contributed by atoms with E-state index in [4.69, 9.17) is 9.73 Å². The zero-order chi connectivity index (χ0) is 18.6. The second-order valence-corrected chi connectivity index (χ2v) is 6.47. The highest BCUT2D eigenvalue weighted by atomic mass is 16.5. The molecule has 4 aromatic carbocycles. The fourth-order valence-electron chi connectivity index (χ4n) is 3.40. The van der Waals surface area contributed by atoms with E-state index in [1.54, 1.807) is 7.11 Å². The lowest BCUT2D eigenvalue weighted by Crippen LogP contribution is -1.99. The third-order valence-electron chi connectivity index (χ3n) is 4.75. The molecule has 0 heterocycles. The van der Waals surface area contributed by atoms with Crippen molar-refractivity contribution in [2.75, 3.05) is 7.11 Å². The summed E-state index contributed by atoms with van der Waals surface area (Å²) in [5.74, 6) is 0.835. The number of hydrogen-bond acceptors (Lipinski definition) is 2. The molecule has 0 unspecified atom stereocenters. The maximum absolute atomic E-state index is 5.24. The highest BCUT2D eigenvalue weighted by Crippen LogP contribution is 2.33. The minimum atomic E-state index is 0.835. The van der Waals surface area contributed by atoms with Crippen molar-refractivity contribution in [2.45, 2.75) is 6.92 Å². The topological polar surface area (TPSA) is 21.6 Å². The van der Waals surface area contributed by atoms with Crippen LogP contribution in [0, 0.1) is 0 Å². The summed E-state index contributed by atoms with van der Waals surface area (Å²) in [5, 5.41) is 2.47. The van der Waals surface area contributed by atoms with Gasteiger partial charge in [0.1, 0.15) is 5.75 Å². The third kappa shape index (κ3) is 3.47. The van der Waals surface area contributed by atoms with Gasteiger partial charge in [-0.25, -0.2) is 0 Å². The van der Waals surface area contributed by atoms with Gasteiger partial charge < -0.3 is 4.74 Å². The maximum atomic E-state index is 5.24. The SMILES string of the molecule is COc1ccc(N=C(C)c2ccc3ccccc3c2-c2ccccc2)cc1. The van der Waals surface area contributed by atoms with Crippen molar-refractivity contribution in [1.82, 2.24) is 0 Å². The van der Waals surface area contributed by atoms with E-state index in [0.29, 0.717) is 0 Å². The summed E-state index contributed by atoms with van der Waals surface area (Å²) in [7, 11) is 1.67. The average molecular weight is 351 g/mol. The monoisotopic (exact) mass is 351 g/mol. The highest BCUT2D eigenvalue weighted by molar-refractivity contribution is 6.12. The van der Waals surface area contributed by atoms with E-state index in [1.807, 2.05) is 30.3 Å². The van der Waals surface area contributed by atoms with Crippen LogP contribution in [0.3, 0.4) is 0 Å². The predicted octanol–water partition coefficient (Wildman–Crippen LogP) is 6.66. The molecule has 0 aliphatic rings. The Labute approximate surface area is 159 Å². The molecule has 0 N–H and O–H groups in total. The largest absolute Gasteiger partial charge is 0.497 e. The molecule has 0 bridgehead atoms. The van der Waals surface area contributed by atoms with E-state index in [9.17, 15) is 0 Å². The lowest BCUT2D eigenvalue weighted by molar-refractivity contribution is 0.415. The molecule has 0 amide bonds. The molecule has 0 fully saturated rings. The molecule has 0 aliphatic carbocycles. The van der Waals surface area contributed by atoms with Gasteiger partial charge in [0.15, 0.2) is 0 Å². The number of rotatable bonds is 4. The van der Waals surface area contributed by atoms with Crippen LogP contribution in [0.4, 0.5) is 5.69 Å². The lowest BCUT2D eigenvalue weighted by Gasteiger charge is -2.14. The Bertz CT molecular complexity index is 1100. The van der Waals surface area contributed by atoms with E-state index >= 15 is 0 Å². The van der Waals surface area contributed by atoms with Crippen molar-refractivity contribution >= 4 is 22.2 Å². The van der Waals surface area contributed by atoms with Crippen LogP contribution in [0.2, 0.25) is 0 Å². The molecule has 4 rings (SSSR count). The van der Waals surface area contributed by atoms with Crippen LogP contribution in [0.1, 0.15) is 12.5 Å². The first kappa shape index (κ1) is 17.0. The fraction of sp³-hybridized carbons (Fsp3) is 0.0800. The maximum Gasteiger partial charge on any atom is 0.119 e. The van der Waals surface area contributed by atoms with Crippen LogP contribution in [-0.4, -0.2) is 12.8 Å². The van der Waals surface area contributed by atoms with Gasteiger partial charge in [-0.15, -0.1) is 0 Å². The van der Waals surface area contributed by atoms with Gasteiger partial charge in [0.25, 0.3) is 0 Å². The van der Waals surface area contributed by atoms with Crippen molar-refractivity contribution in [2.24, 2.45) is 4.99 Å². The Kier molecular flexibility index (Phi) is 4.71. The van der Waals surface area contributed by atoms with Gasteiger partial charge >= 0.3 is 0 Å². The number of nitrogens with zero attached hydrogens (tertiary/aromatic N) is 1. The summed E-state index contributed by atoms with van der Waals surface area (Å²) in [5.41, 5.74) is 5.48. The van der Waals surface area contributed by atoms with Crippen LogP contribution >= 0.6 is 0 Å². The molecule has 0 spiro atoms. The lowest BCUT2D eigenvalue weighted by atomic mass is 9.91. The molecule has 27 heavy (non-hydrogen) atoms. The van der Waals surface area contributed by atoms with Gasteiger partial charge in [-0.05, 0) is 53.1 Å². The number of benzene rings is 4. The molecule has 0 saturated heterocycles. The summed E-state index contributed by atoms with van der Waals surface area (Å²) in [4.78, 5) is 4.86. The number of methoxy groups -OCH3 is 1. The summed E-state index contributed by atoms with van der Waals surface area (Å²) >= 11 is 0. The van der Waals surface area contributed by atoms with Crippen LogP contribution < -0.4 is 4.74 Å². The Balaban J connectivity index is 1.89. The summed E-state index contributed by atoms with van der Waals surface area (Å²) < 4.78 is 5.24. The van der Waals surface area contributed by atoms with Crippen molar-refractivity contribution < 1.29 is 4.74 Å².